The Morgan fingerprint density at radius 1 is 1.12 bits per heavy atom. The number of nitrogens with one attached hydrogen (secondary N) is 2. The van der Waals surface area contributed by atoms with E-state index in [0.29, 0.717) is 6.54 Å². The Kier molecular flexibility index (Phi) is 8.14. The largest absolute Gasteiger partial charge is 0.493 e. The molecule has 2 saturated heterocycles. The third kappa shape index (κ3) is 5.49. The predicted molar refractivity (Wildman–Crippen MR) is 128 cm³/mol. The van der Waals surface area contributed by atoms with Crippen molar-refractivity contribution in [1.82, 2.24) is 15.5 Å². The van der Waals surface area contributed by atoms with Gasteiger partial charge in [0, 0.05) is 44.5 Å². The van der Waals surface area contributed by atoms with Crippen molar-refractivity contribution in [2.45, 2.75) is 69.6 Å². The van der Waals surface area contributed by atoms with Crippen LogP contribution in [-0.4, -0.2) is 69.5 Å². The van der Waals surface area contributed by atoms with Gasteiger partial charge >= 0.3 is 0 Å². The second-order valence-electron chi connectivity index (χ2n) is 9.28. The van der Waals surface area contributed by atoms with E-state index in [0.717, 1.165) is 68.5 Å². The fourth-order valence-electron chi connectivity index (χ4n) is 5.36. The number of hydrogen-bond acceptors (Lipinski definition) is 5. The molecule has 0 spiro atoms. The first kappa shape index (κ1) is 23.2. The van der Waals surface area contributed by atoms with Gasteiger partial charge in [-0.25, -0.2) is 0 Å². The highest BCUT2D eigenvalue weighted by Crippen LogP contribution is 2.35. The number of para-hydroxylation sites is 1. The third-order valence-corrected chi connectivity index (χ3v) is 7.32. The summed E-state index contributed by atoms with van der Waals surface area (Å²) in [5.41, 5.74) is 1.26. The maximum atomic E-state index is 6.39. The number of nitrogens with zero attached hydrogens (tertiary/aromatic N) is 2. The van der Waals surface area contributed by atoms with E-state index in [1.165, 1.54) is 38.8 Å². The van der Waals surface area contributed by atoms with Crippen LogP contribution in [0.1, 0.15) is 56.9 Å². The lowest BCUT2D eigenvalue weighted by Crippen LogP contribution is -2.58. The van der Waals surface area contributed by atoms with Crippen molar-refractivity contribution in [3.8, 4) is 11.5 Å². The topological polar surface area (TPSA) is 67.4 Å². The van der Waals surface area contributed by atoms with Gasteiger partial charge in [-0.05, 0) is 70.5 Å². The second-order valence-corrected chi connectivity index (χ2v) is 9.28. The molecule has 3 aliphatic rings. The van der Waals surface area contributed by atoms with E-state index in [1.807, 2.05) is 19.2 Å². The molecular formula is C25H40N4O3. The van der Waals surface area contributed by atoms with Gasteiger partial charge in [-0.15, -0.1) is 0 Å². The van der Waals surface area contributed by atoms with Gasteiger partial charge in [-0.2, -0.15) is 0 Å². The molecule has 0 unspecified atom stereocenters. The zero-order valence-electron chi connectivity index (χ0n) is 19.8. The second kappa shape index (κ2) is 11.2. The molecule has 0 amide bonds. The number of rotatable bonds is 8. The van der Waals surface area contributed by atoms with Crippen molar-refractivity contribution in [3.05, 3.63) is 23.8 Å². The summed E-state index contributed by atoms with van der Waals surface area (Å²) in [6.45, 7) is 5.60. The molecule has 7 heteroatoms. The van der Waals surface area contributed by atoms with Crippen molar-refractivity contribution in [2.24, 2.45) is 4.99 Å². The van der Waals surface area contributed by atoms with Crippen LogP contribution in [0, 0.1) is 0 Å². The van der Waals surface area contributed by atoms with Crippen LogP contribution in [0.2, 0.25) is 0 Å². The van der Waals surface area contributed by atoms with Crippen molar-refractivity contribution in [1.29, 1.82) is 0 Å². The summed E-state index contributed by atoms with van der Waals surface area (Å²) < 4.78 is 17.7. The normalized spacial score (nSPS) is 22.1. The van der Waals surface area contributed by atoms with E-state index in [9.17, 15) is 0 Å². The number of aliphatic imine (C=N–C) groups is 1. The quantitative estimate of drug-likeness (QED) is 0.474. The van der Waals surface area contributed by atoms with Gasteiger partial charge in [0.1, 0.15) is 0 Å². The van der Waals surface area contributed by atoms with Crippen LogP contribution in [0.5, 0.6) is 11.5 Å². The molecule has 0 bridgehead atoms. The summed E-state index contributed by atoms with van der Waals surface area (Å²) in [6.07, 6.45) is 9.77. The van der Waals surface area contributed by atoms with Crippen molar-refractivity contribution < 1.29 is 14.2 Å². The SMILES string of the molecule is CN=C(NCc1cccc(OC)c1OC1CCCC1)NCC1(N2CCCC2)CCOCC1. The van der Waals surface area contributed by atoms with Crippen LogP contribution in [0.4, 0.5) is 0 Å². The third-order valence-electron chi connectivity index (χ3n) is 7.32. The van der Waals surface area contributed by atoms with Crippen LogP contribution in [0.3, 0.4) is 0 Å². The lowest BCUT2D eigenvalue weighted by atomic mass is 9.88. The van der Waals surface area contributed by atoms with E-state index >= 15 is 0 Å². The summed E-state index contributed by atoms with van der Waals surface area (Å²) in [5, 5.41) is 7.12. The maximum absolute atomic E-state index is 6.39. The molecule has 3 fully saturated rings. The summed E-state index contributed by atoms with van der Waals surface area (Å²) in [7, 11) is 3.55. The van der Waals surface area contributed by atoms with Gasteiger partial charge in [-0.3, -0.25) is 9.89 Å². The van der Waals surface area contributed by atoms with E-state index in [4.69, 9.17) is 14.2 Å². The number of ether oxygens (including phenoxy) is 3. The van der Waals surface area contributed by atoms with Crippen LogP contribution in [0.25, 0.3) is 0 Å². The standard InChI is InChI=1S/C25H40N4O3/c1-26-24(28-19-25(12-16-31-17-13-25)29-14-5-6-15-29)27-18-20-8-7-11-22(30-2)23(20)32-21-9-3-4-10-21/h7-8,11,21H,3-6,9-10,12-19H2,1-2H3,(H2,26,27,28). The molecule has 0 radical (unpaired) electrons. The molecule has 1 aliphatic carbocycles. The minimum Gasteiger partial charge on any atom is -0.493 e. The minimum atomic E-state index is 0.166. The number of likely N-dealkylation sites (tertiary alicyclic amines) is 1. The van der Waals surface area contributed by atoms with Gasteiger partial charge in [0.25, 0.3) is 0 Å². The van der Waals surface area contributed by atoms with Gasteiger partial charge in [0.15, 0.2) is 17.5 Å². The average Bonchev–Trinajstić information content (AvgIpc) is 3.55. The molecule has 1 aromatic carbocycles. The van der Waals surface area contributed by atoms with Crippen LogP contribution >= 0.6 is 0 Å². The van der Waals surface area contributed by atoms with Gasteiger partial charge in [0.05, 0.1) is 13.2 Å². The zero-order valence-corrected chi connectivity index (χ0v) is 19.8. The van der Waals surface area contributed by atoms with E-state index in [-0.39, 0.29) is 11.6 Å². The average molecular weight is 445 g/mol. The van der Waals surface area contributed by atoms with Gasteiger partial charge in [0.2, 0.25) is 0 Å². The highest BCUT2D eigenvalue weighted by atomic mass is 16.5. The molecule has 1 aromatic rings. The lowest BCUT2D eigenvalue weighted by Gasteiger charge is -2.45. The molecular weight excluding hydrogens is 404 g/mol. The van der Waals surface area contributed by atoms with Gasteiger partial charge in [-0.1, -0.05) is 12.1 Å². The zero-order chi connectivity index (χ0) is 22.2. The Bertz CT molecular complexity index is 752. The van der Waals surface area contributed by atoms with Gasteiger partial charge < -0.3 is 24.8 Å². The molecule has 2 heterocycles. The number of hydrogen-bond donors (Lipinski definition) is 2. The molecule has 2 N–H and O–H groups in total. The summed E-state index contributed by atoms with van der Waals surface area (Å²) in [5.74, 6) is 2.49. The van der Waals surface area contributed by atoms with Crippen molar-refractivity contribution in [2.75, 3.05) is 47.0 Å². The molecule has 7 nitrogen and oxygen atoms in total. The van der Waals surface area contributed by atoms with Crippen LogP contribution in [0.15, 0.2) is 23.2 Å². The molecule has 32 heavy (non-hydrogen) atoms. The lowest BCUT2D eigenvalue weighted by molar-refractivity contribution is -0.0164. The number of methoxy groups -OCH3 is 1. The molecule has 178 valence electrons. The highest BCUT2D eigenvalue weighted by molar-refractivity contribution is 5.79. The van der Waals surface area contributed by atoms with Crippen molar-refractivity contribution in [3.63, 3.8) is 0 Å². The summed E-state index contributed by atoms with van der Waals surface area (Å²) >= 11 is 0. The fourth-order valence-corrected chi connectivity index (χ4v) is 5.36. The van der Waals surface area contributed by atoms with Crippen LogP contribution < -0.4 is 20.1 Å². The summed E-state index contributed by atoms with van der Waals surface area (Å²) in [4.78, 5) is 7.17. The van der Waals surface area contributed by atoms with E-state index in [2.05, 4.69) is 26.6 Å². The smallest absolute Gasteiger partial charge is 0.191 e. The van der Waals surface area contributed by atoms with E-state index < -0.39 is 0 Å². The molecule has 2 aliphatic heterocycles. The molecule has 0 atom stereocenters. The Balaban J connectivity index is 1.39. The molecule has 1 saturated carbocycles. The highest BCUT2D eigenvalue weighted by Gasteiger charge is 2.39. The van der Waals surface area contributed by atoms with Crippen LogP contribution in [-0.2, 0) is 11.3 Å². The Hall–Kier alpha value is -1.99. The first-order chi connectivity index (χ1) is 15.7. The molecule has 0 aromatic heterocycles. The molecule has 4 rings (SSSR count). The number of guanidine groups is 1. The Morgan fingerprint density at radius 2 is 1.88 bits per heavy atom. The summed E-state index contributed by atoms with van der Waals surface area (Å²) in [6, 6.07) is 6.11. The number of benzene rings is 1. The Morgan fingerprint density at radius 3 is 2.56 bits per heavy atom. The predicted octanol–water partition coefficient (Wildman–Crippen LogP) is 3.33. The first-order valence-corrected chi connectivity index (χ1v) is 12.3. The van der Waals surface area contributed by atoms with E-state index in [1.54, 1.807) is 7.11 Å². The van der Waals surface area contributed by atoms with Crippen molar-refractivity contribution >= 4 is 5.96 Å². The monoisotopic (exact) mass is 444 g/mol. The minimum absolute atomic E-state index is 0.166. The Labute approximate surface area is 192 Å². The fraction of sp³-hybridized carbons (Fsp3) is 0.720. The maximum Gasteiger partial charge on any atom is 0.191 e. The first-order valence-electron chi connectivity index (χ1n) is 12.3.